The molecule has 0 fully saturated rings. The topological polar surface area (TPSA) is 55.1 Å². The van der Waals surface area contributed by atoms with Crippen molar-refractivity contribution in [1.29, 1.82) is 0 Å². The zero-order chi connectivity index (χ0) is 20.4. The molecule has 148 valence electrons. The highest BCUT2D eigenvalue weighted by atomic mass is 35.5. The van der Waals surface area contributed by atoms with Crippen LogP contribution in [0.4, 0.5) is 8.78 Å². The van der Waals surface area contributed by atoms with Crippen LogP contribution in [-0.2, 0) is 13.1 Å². The molecule has 29 heavy (non-hydrogen) atoms. The third-order valence-corrected chi connectivity index (χ3v) is 4.87. The predicted octanol–water partition coefficient (Wildman–Crippen LogP) is 4.22. The van der Waals surface area contributed by atoms with Crippen LogP contribution in [0.1, 0.15) is 29.2 Å². The minimum atomic E-state index is -0.682. The molecule has 3 aromatic rings. The van der Waals surface area contributed by atoms with Crippen LogP contribution in [0, 0.1) is 11.6 Å². The molecule has 0 bridgehead atoms. The van der Waals surface area contributed by atoms with Crippen LogP contribution in [0.3, 0.4) is 0 Å². The number of aliphatic imine (C=N–C) groups is 1. The lowest BCUT2D eigenvalue weighted by Crippen LogP contribution is -2.19. The molecule has 0 spiro atoms. The molecule has 2 aromatic carbocycles. The molecule has 2 heterocycles. The first-order valence-corrected chi connectivity index (χ1v) is 9.52. The largest absolute Gasteiger partial charge is 0.310 e. The number of rotatable bonds is 6. The number of hydrogen-bond donors (Lipinski definition) is 1. The zero-order valence-corrected chi connectivity index (χ0v) is 16.3. The van der Waals surface area contributed by atoms with Crippen molar-refractivity contribution in [2.24, 2.45) is 4.99 Å². The Morgan fingerprint density at radius 3 is 2.72 bits per heavy atom. The first-order chi connectivity index (χ1) is 14.1. The minimum absolute atomic E-state index is 0.134. The summed E-state index contributed by atoms with van der Waals surface area (Å²) in [5, 5.41) is 12.2. The van der Waals surface area contributed by atoms with Crippen LogP contribution in [0.5, 0.6) is 0 Å². The lowest BCUT2D eigenvalue weighted by Gasteiger charge is -2.15. The van der Waals surface area contributed by atoms with Crippen LogP contribution in [0.25, 0.3) is 5.69 Å². The first-order valence-electron chi connectivity index (χ1n) is 9.14. The number of nitrogens with zero attached hydrogens (tertiary/aromatic N) is 4. The summed E-state index contributed by atoms with van der Waals surface area (Å²) in [6.07, 6.45) is 2.66. The number of aromatic nitrogens is 3. The van der Waals surface area contributed by atoms with Gasteiger partial charge in [0, 0.05) is 10.6 Å². The molecular weight excluding hydrogens is 396 g/mol. The molecule has 1 aliphatic rings. The number of benzene rings is 2. The maximum Gasteiger partial charge on any atom is 0.159 e. The van der Waals surface area contributed by atoms with Crippen molar-refractivity contribution in [3.05, 3.63) is 88.5 Å². The Balaban J connectivity index is 1.84. The maximum absolute atomic E-state index is 14.5. The van der Waals surface area contributed by atoms with Gasteiger partial charge in [-0.2, -0.15) is 0 Å². The normalized spacial score (nSPS) is 12.7. The van der Waals surface area contributed by atoms with Gasteiger partial charge in [-0.3, -0.25) is 9.56 Å². The molecule has 0 radical (unpaired) electrons. The highest BCUT2D eigenvalue weighted by Crippen LogP contribution is 2.29. The fourth-order valence-corrected chi connectivity index (χ4v) is 3.49. The fourth-order valence-electron chi connectivity index (χ4n) is 3.32. The standard InChI is InChI=1S/C21H18ClF2N5/c1-2-3-9-25-11-18-27-28-19-12-26-21(20-15(23)5-4-6-16(20)24)14-10-13(22)7-8-17(14)29(18)19/h2,4-8,10,25H,1,3,9,11-12H2. The zero-order valence-electron chi connectivity index (χ0n) is 15.5. The predicted molar refractivity (Wildman–Crippen MR) is 109 cm³/mol. The van der Waals surface area contributed by atoms with E-state index in [2.05, 4.69) is 27.1 Å². The van der Waals surface area contributed by atoms with Crippen molar-refractivity contribution in [2.75, 3.05) is 6.54 Å². The summed E-state index contributed by atoms with van der Waals surface area (Å²) < 4.78 is 30.9. The van der Waals surface area contributed by atoms with Gasteiger partial charge in [-0.1, -0.05) is 23.7 Å². The summed E-state index contributed by atoms with van der Waals surface area (Å²) in [6.45, 7) is 5.07. The summed E-state index contributed by atoms with van der Waals surface area (Å²) in [5.74, 6) is -0.101. The number of hydrogen-bond acceptors (Lipinski definition) is 4. The molecular formula is C21H18ClF2N5. The van der Waals surface area contributed by atoms with E-state index >= 15 is 0 Å². The van der Waals surface area contributed by atoms with Gasteiger partial charge >= 0.3 is 0 Å². The van der Waals surface area contributed by atoms with Gasteiger partial charge in [0.1, 0.15) is 18.2 Å². The second-order valence-corrected chi connectivity index (χ2v) is 6.98. The van der Waals surface area contributed by atoms with Crippen LogP contribution < -0.4 is 5.32 Å². The third kappa shape index (κ3) is 3.71. The summed E-state index contributed by atoms with van der Waals surface area (Å²) in [5.41, 5.74) is 1.22. The Hall–Kier alpha value is -2.90. The summed E-state index contributed by atoms with van der Waals surface area (Å²) in [6, 6.07) is 8.92. The van der Waals surface area contributed by atoms with Crippen molar-refractivity contribution in [1.82, 2.24) is 20.1 Å². The average molecular weight is 414 g/mol. The molecule has 0 aliphatic carbocycles. The molecule has 1 N–H and O–H groups in total. The van der Waals surface area contributed by atoms with Crippen LogP contribution in [-0.4, -0.2) is 27.0 Å². The van der Waals surface area contributed by atoms with Gasteiger partial charge < -0.3 is 5.32 Å². The van der Waals surface area contributed by atoms with Crippen molar-refractivity contribution in [3.63, 3.8) is 0 Å². The molecule has 4 rings (SSSR count). The van der Waals surface area contributed by atoms with E-state index in [0.29, 0.717) is 34.5 Å². The van der Waals surface area contributed by atoms with Crippen LogP contribution >= 0.6 is 11.6 Å². The number of halogens is 3. The molecule has 1 aliphatic heterocycles. The van der Waals surface area contributed by atoms with Crippen LogP contribution in [0.2, 0.25) is 5.02 Å². The summed E-state index contributed by atoms with van der Waals surface area (Å²) in [4.78, 5) is 4.48. The van der Waals surface area contributed by atoms with Crippen molar-refractivity contribution < 1.29 is 8.78 Å². The van der Waals surface area contributed by atoms with Gasteiger partial charge in [0.25, 0.3) is 0 Å². The van der Waals surface area contributed by atoms with Crippen molar-refractivity contribution in [2.45, 2.75) is 19.5 Å². The van der Waals surface area contributed by atoms with E-state index in [1.54, 1.807) is 18.2 Å². The molecule has 1 aromatic heterocycles. The lowest BCUT2D eigenvalue weighted by atomic mass is 9.99. The SMILES string of the molecule is C=CCCNCc1nnc2n1-c1ccc(Cl)cc1C(c1c(F)cccc1F)=NC2. The fraction of sp³-hybridized carbons (Fsp3) is 0.190. The molecule has 0 saturated heterocycles. The minimum Gasteiger partial charge on any atom is -0.310 e. The second-order valence-electron chi connectivity index (χ2n) is 6.54. The summed E-state index contributed by atoms with van der Waals surface area (Å²) >= 11 is 6.22. The van der Waals surface area contributed by atoms with Gasteiger partial charge in [-0.25, -0.2) is 8.78 Å². The van der Waals surface area contributed by atoms with E-state index in [1.165, 1.54) is 18.2 Å². The van der Waals surface area contributed by atoms with Gasteiger partial charge in [-0.05, 0) is 43.3 Å². The Morgan fingerprint density at radius 2 is 1.97 bits per heavy atom. The highest BCUT2D eigenvalue weighted by molar-refractivity contribution is 6.31. The van der Waals surface area contributed by atoms with E-state index in [9.17, 15) is 8.78 Å². The maximum atomic E-state index is 14.5. The quantitative estimate of drug-likeness (QED) is 0.486. The van der Waals surface area contributed by atoms with Gasteiger partial charge in [0.15, 0.2) is 11.6 Å². The summed E-state index contributed by atoms with van der Waals surface area (Å²) in [7, 11) is 0. The van der Waals surface area contributed by atoms with Crippen LogP contribution in [0.15, 0.2) is 54.0 Å². The monoisotopic (exact) mass is 413 g/mol. The third-order valence-electron chi connectivity index (χ3n) is 4.64. The second kappa shape index (κ2) is 8.23. The van der Waals surface area contributed by atoms with Crippen molar-refractivity contribution in [3.8, 4) is 5.69 Å². The molecule has 8 heteroatoms. The molecule has 0 unspecified atom stereocenters. The highest BCUT2D eigenvalue weighted by Gasteiger charge is 2.26. The van der Waals surface area contributed by atoms with Crippen molar-refractivity contribution >= 4 is 17.3 Å². The number of fused-ring (bicyclic) bond motifs is 3. The van der Waals surface area contributed by atoms with Gasteiger partial charge in [-0.15, -0.1) is 16.8 Å². The van der Waals surface area contributed by atoms with E-state index in [-0.39, 0.29) is 17.8 Å². The van der Waals surface area contributed by atoms with E-state index in [4.69, 9.17) is 11.6 Å². The van der Waals surface area contributed by atoms with E-state index in [0.717, 1.165) is 13.0 Å². The van der Waals surface area contributed by atoms with E-state index < -0.39 is 11.6 Å². The molecule has 5 nitrogen and oxygen atoms in total. The Morgan fingerprint density at radius 1 is 1.17 bits per heavy atom. The Kier molecular flexibility index (Phi) is 5.51. The Labute approximate surface area is 171 Å². The molecule has 0 saturated carbocycles. The van der Waals surface area contributed by atoms with Gasteiger partial charge in [0.2, 0.25) is 0 Å². The van der Waals surface area contributed by atoms with E-state index in [1.807, 2.05) is 10.6 Å². The Bertz CT molecular complexity index is 1090. The molecule has 0 atom stereocenters. The van der Waals surface area contributed by atoms with Gasteiger partial charge in [0.05, 0.1) is 23.5 Å². The molecule has 0 amide bonds. The number of nitrogens with one attached hydrogen (secondary N) is 1. The average Bonchev–Trinajstić information content (AvgIpc) is 3.03. The smallest absolute Gasteiger partial charge is 0.159 e. The first kappa shape index (κ1) is 19.4. The lowest BCUT2D eigenvalue weighted by molar-refractivity contribution is 0.579.